The number of hydrogen-bond donors (Lipinski definition) is 1. The zero-order valence-corrected chi connectivity index (χ0v) is 11.8. The molecular weight excluding hydrogens is 257 g/mol. The van der Waals surface area contributed by atoms with Crippen LogP contribution in [-0.2, 0) is 0 Å². The quantitative estimate of drug-likeness (QED) is 0.932. The smallest absolute Gasteiger partial charge is 0.165 e. The van der Waals surface area contributed by atoms with Crippen molar-refractivity contribution in [2.45, 2.75) is 13.0 Å². The molecule has 2 N–H and O–H groups in total. The molecule has 2 aromatic rings. The summed E-state index contributed by atoms with van der Waals surface area (Å²) in [5, 5.41) is 0. The maximum Gasteiger partial charge on any atom is 0.165 e. The number of aryl methyl sites for hydroxylation is 1. The van der Waals surface area contributed by atoms with Crippen LogP contribution in [0.5, 0.6) is 11.5 Å². The second kappa shape index (κ2) is 5.92. The number of halogens is 1. The molecule has 0 saturated carbocycles. The lowest BCUT2D eigenvalue weighted by molar-refractivity contribution is 0.386. The van der Waals surface area contributed by atoms with Crippen LogP contribution in [0.2, 0.25) is 0 Å². The molecule has 0 fully saturated rings. The lowest BCUT2D eigenvalue weighted by Crippen LogP contribution is -2.13. The van der Waals surface area contributed by atoms with Gasteiger partial charge in [0.05, 0.1) is 20.3 Å². The van der Waals surface area contributed by atoms with Gasteiger partial charge in [-0.25, -0.2) is 4.39 Å². The van der Waals surface area contributed by atoms with Gasteiger partial charge in [0.15, 0.2) is 11.6 Å². The van der Waals surface area contributed by atoms with Crippen molar-refractivity contribution in [3.05, 3.63) is 58.9 Å². The third-order valence-electron chi connectivity index (χ3n) is 3.35. The average Bonchev–Trinajstić information content (AvgIpc) is 2.46. The minimum atomic E-state index is -0.411. The molecule has 1 unspecified atom stereocenters. The minimum absolute atomic E-state index is 0.215. The van der Waals surface area contributed by atoms with Crippen LogP contribution in [0.3, 0.4) is 0 Å². The standard InChI is InChI=1S/C16H18FNO2/c1-10-8-12(19-2)5-6-13(10)16(18)11-4-7-15(20-3)14(17)9-11/h4-9,16H,18H2,1-3H3. The van der Waals surface area contributed by atoms with Gasteiger partial charge in [0.2, 0.25) is 0 Å². The zero-order chi connectivity index (χ0) is 14.7. The summed E-state index contributed by atoms with van der Waals surface area (Å²) in [6, 6.07) is 10.0. The first kappa shape index (κ1) is 14.3. The molecule has 0 spiro atoms. The molecule has 0 heterocycles. The fourth-order valence-electron chi connectivity index (χ4n) is 2.18. The Hall–Kier alpha value is -2.07. The summed E-state index contributed by atoms with van der Waals surface area (Å²) in [4.78, 5) is 0. The van der Waals surface area contributed by atoms with Crippen LogP contribution in [0.25, 0.3) is 0 Å². The summed E-state index contributed by atoms with van der Waals surface area (Å²) < 4.78 is 23.8. The van der Waals surface area contributed by atoms with E-state index < -0.39 is 5.82 Å². The third kappa shape index (κ3) is 2.75. The van der Waals surface area contributed by atoms with Gasteiger partial charge in [0, 0.05) is 0 Å². The van der Waals surface area contributed by atoms with Crippen molar-refractivity contribution in [1.82, 2.24) is 0 Å². The van der Waals surface area contributed by atoms with E-state index in [4.69, 9.17) is 15.2 Å². The molecule has 0 bridgehead atoms. The molecule has 2 aromatic carbocycles. The Morgan fingerprint density at radius 3 is 2.35 bits per heavy atom. The number of nitrogens with two attached hydrogens (primary N) is 1. The third-order valence-corrected chi connectivity index (χ3v) is 3.35. The maximum atomic E-state index is 13.7. The molecule has 3 nitrogen and oxygen atoms in total. The molecule has 0 aromatic heterocycles. The minimum Gasteiger partial charge on any atom is -0.497 e. The van der Waals surface area contributed by atoms with Crippen molar-refractivity contribution < 1.29 is 13.9 Å². The van der Waals surface area contributed by atoms with Crippen LogP contribution in [0, 0.1) is 12.7 Å². The fraction of sp³-hybridized carbons (Fsp3) is 0.250. The van der Waals surface area contributed by atoms with E-state index in [-0.39, 0.29) is 11.8 Å². The lowest BCUT2D eigenvalue weighted by atomic mass is 9.95. The maximum absolute atomic E-state index is 13.7. The number of ether oxygens (including phenoxy) is 2. The molecule has 106 valence electrons. The summed E-state index contributed by atoms with van der Waals surface area (Å²) in [5.41, 5.74) is 8.87. The number of methoxy groups -OCH3 is 2. The predicted molar refractivity (Wildman–Crippen MR) is 76.7 cm³/mol. The van der Waals surface area contributed by atoms with Gasteiger partial charge in [-0.3, -0.25) is 0 Å². The Kier molecular flexibility index (Phi) is 4.25. The molecule has 1 atom stereocenters. The van der Waals surface area contributed by atoms with Gasteiger partial charge in [-0.15, -0.1) is 0 Å². The van der Waals surface area contributed by atoms with E-state index in [9.17, 15) is 4.39 Å². The molecule has 0 aliphatic heterocycles. The molecule has 0 saturated heterocycles. The fourth-order valence-corrected chi connectivity index (χ4v) is 2.18. The SMILES string of the molecule is COc1ccc(C(N)c2ccc(OC)c(F)c2)c(C)c1. The van der Waals surface area contributed by atoms with E-state index in [1.807, 2.05) is 25.1 Å². The molecule has 0 amide bonds. The van der Waals surface area contributed by atoms with Crippen molar-refractivity contribution in [3.8, 4) is 11.5 Å². The lowest BCUT2D eigenvalue weighted by Gasteiger charge is -2.16. The molecule has 0 radical (unpaired) electrons. The van der Waals surface area contributed by atoms with Gasteiger partial charge < -0.3 is 15.2 Å². The normalized spacial score (nSPS) is 12.1. The van der Waals surface area contributed by atoms with Gasteiger partial charge in [0.1, 0.15) is 5.75 Å². The van der Waals surface area contributed by atoms with Crippen LogP contribution in [0.15, 0.2) is 36.4 Å². The Balaban J connectivity index is 2.35. The van der Waals surface area contributed by atoms with E-state index in [2.05, 4.69) is 0 Å². The summed E-state index contributed by atoms with van der Waals surface area (Å²) in [6.45, 7) is 1.96. The van der Waals surface area contributed by atoms with Crippen molar-refractivity contribution in [2.75, 3.05) is 14.2 Å². The number of rotatable bonds is 4. The van der Waals surface area contributed by atoms with Gasteiger partial charge in [0.25, 0.3) is 0 Å². The molecule has 20 heavy (non-hydrogen) atoms. The van der Waals surface area contributed by atoms with Gasteiger partial charge in [-0.1, -0.05) is 12.1 Å². The zero-order valence-electron chi connectivity index (χ0n) is 11.8. The van der Waals surface area contributed by atoms with Gasteiger partial charge in [-0.05, 0) is 47.9 Å². The highest BCUT2D eigenvalue weighted by atomic mass is 19.1. The van der Waals surface area contributed by atoms with Crippen LogP contribution in [0.1, 0.15) is 22.7 Å². The van der Waals surface area contributed by atoms with E-state index in [0.29, 0.717) is 5.56 Å². The number of benzene rings is 2. The van der Waals surface area contributed by atoms with Crippen molar-refractivity contribution >= 4 is 0 Å². The first-order chi connectivity index (χ1) is 9.56. The highest BCUT2D eigenvalue weighted by Crippen LogP contribution is 2.28. The summed E-state index contributed by atoms with van der Waals surface area (Å²) in [5.74, 6) is 0.582. The van der Waals surface area contributed by atoms with Gasteiger partial charge in [-0.2, -0.15) is 0 Å². The summed E-state index contributed by atoms with van der Waals surface area (Å²) in [7, 11) is 3.05. The molecular formula is C16H18FNO2. The second-order valence-corrected chi connectivity index (χ2v) is 4.59. The van der Waals surface area contributed by atoms with E-state index >= 15 is 0 Å². The summed E-state index contributed by atoms with van der Waals surface area (Å²) in [6.07, 6.45) is 0. The highest BCUT2D eigenvalue weighted by Gasteiger charge is 2.14. The Bertz CT molecular complexity index is 613. The van der Waals surface area contributed by atoms with Gasteiger partial charge >= 0.3 is 0 Å². The van der Waals surface area contributed by atoms with Crippen LogP contribution in [-0.4, -0.2) is 14.2 Å². The predicted octanol–water partition coefficient (Wildman–Crippen LogP) is 3.20. The molecule has 0 aliphatic carbocycles. The van der Waals surface area contributed by atoms with Crippen molar-refractivity contribution in [2.24, 2.45) is 5.73 Å². The summed E-state index contributed by atoms with van der Waals surface area (Å²) >= 11 is 0. The Morgan fingerprint density at radius 1 is 1.05 bits per heavy atom. The van der Waals surface area contributed by atoms with E-state index in [0.717, 1.165) is 16.9 Å². The average molecular weight is 275 g/mol. The number of hydrogen-bond acceptors (Lipinski definition) is 3. The highest BCUT2D eigenvalue weighted by molar-refractivity contribution is 5.42. The molecule has 2 rings (SSSR count). The van der Waals surface area contributed by atoms with E-state index in [1.165, 1.54) is 13.2 Å². The Labute approximate surface area is 118 Å². The monoisotopic (exact) mass is 275 g/mol. The first-order valence-corrected chi connectivity index (χ1v) is 6.30. The van der Waals surface area contributed by atoms with Crippen LogP contribution < -0.4 is 15.2 Å². The topological polar surface area (TPSA) is 44.5 Å². The van der Waals surface area contributed by atoms with Crippen LogP contribution >= 0.6 is 0 Å². The Morgan fingerprint density at radius 2 is 1.80 bits per heavy atom. The van der Waals surface area contributed by atoms with E-state index in [1.54, 1.807) is 19.2 Å². The van der Waals surface area contributed by atoms with Crippen LogP contribution in [0.4, 0.5) is 4.39 Å². The molecule has 4 heteroatoms. The first-order valence-electron chi connectivity index (χ1n) is 6.30. The van der Waals surface area contributed by atoms with Crippen molar-refractivity contribution in [1.29, 1.82) is 0 Å². The largest absolute Gasteiger partial charge is 0.497 e. The molecule has 0 aliphatic rings. The van der Waals surface area contributed by atoms with Crippen molar-refractivity contribution in [3.63, 3.8) is 0 Å². The second-order valence-electron chi connectivity index (χ2n) is 4.59.